The SMILES string of the molecule is FC(F)(F)c1ccnc(N2CCC3(CC2)OCCO3)c1. The van der Waals surface area contributed by atoms with Gasteiger partial charge in [-0.25, -0.2) is 4.98 Å². The van der Waals surface area contributed by atoms with Gasteiger partial charge >= 0.3 is 6.18 Å². The minimum Gasteiger partial charge on any atom is -0.356 e. The molecule has 0 bridgehead atoms. The number of ether oxygens (including phenoxy) is 2. The summed E-state index contributed by atoms with van der Waals surface area (Å²) in [5.41, 5.74) is -0.670. The van der Waals surface area contributed by atoms with E-state index >= 15 is 0 Å². The third-order valence-corrected chi connectivity index (χ3v) is 3.74. The molecule has 3 rings (SSSR count). The van der Waals surface area contributed by atoms with Crippen molar-refractivity contribution in [2.75, 3.05) is 31.2 Å². The number of piperidine rings is 1. The molecule has 0 radical (unpaired) electrons. The Balaban J connectivity index is 1.72. The highest BCUT2D eigenvalue weighted by molar-refractivity contribution is 5.42. The zero-order chi connectivity index (χ0) is 14.2. The number of hydrogen-bond acceptors (Lipinski definition) is 4. The van der Waals surface area contributed by atoms with E-state index in [1.807, 2.05) is 4.90 Å². The lowest BCUT2D eigenvalue weighted by Gasteiger charge is -2.38. The Kier molecular flexibility index (Phi) is 3.33. The molecule has 2 saturated heterocycles. The van der Waals surface area contributed by atoms with Crippen LogP contribution in [0.4, 0.5) is 19.0 Å². The van der Waals surface area contributed by atoms with E-state index in [1.165, 1.54) is 6.20 Å². The zero-order valence-electron chi connectivity index (χ0n) is 10.8. The zero-order valence-corrected chi connectivity index (χ0v) is 10.8. The van der Waals surface area contributed by atoms with E-state index in [0.29, 0.717) is 45.0 Å². The molecule has 2 fully saturated rings. The van der Waals surface area contributed by atoms with Crippen molar-refractivity contribution in [1.82, 2.24) is 4.98 Å². The molecular formula is C13H15F3N2O2. The van der Waals surface area contributed by atoms with Crippen molar-refractivity contribution in [2.45, 2.75) is 24.8 Å². The maximum atomic E-state index is 12.7. The van der Waals surface area contributed by atoms with Crippen LogP contribution in [0.5, 0.6) is 0 Å². The van der Waals surface area contributed by atoms with Gasteiger partial charge in [-0.1, -0.05) is 0 Å². The molecule has 20 heavy (non-hydrogen) atoms. The normalized spacial score (nSPS) is 22.4. The summed E-state index contributed by atoms with van der Waals surface area (Å²) in [6, 6.07) is 2.08. The van der Waals surface area contributed by atoms with Gasteiger partial charge in [0.2, 0.25) is 0 Å². The maximum Gasteiger partial charge on any atom is 0.416 e. The maximum absolute atomic E-state index is 12.7. The van der Waals surface area contributed by atoms with Crippen LogP contribution in [0.15, 0.2) is 18.3 Å². The molecule has 0 aliphatic carbocycles. The first-order valence-electron chi connectivity index (χ1n) is 6.55. The predicted octanol–water partition coefficient (Wildman–Crippen LogP) is 2.44. The summed E-state index contributed by atoms with van der Waals surface area (Å²) >= 11 is 0. The van der Waals surface area contributed by atoms with Crippen molar-refractivity contribution in [3.05, 3.63) is 23.9 Å². The van der Waals surface area contributed by atoms with Crippen molar-refractivity contribution in [1.29, 1.82) is 0 Å². The summed E-state index contributed by atoms with van der Waals surface area (Å²) in [4.78, 5) is 5.87. The van der Waals surface area contributed by atoms with E-state index in [2.05, 4.69) is 4.98 Å². The van der Waals surface area contributed by atoms with Crippen molar-refractivity contribution in [3.8, 4) is 0 Å². The van der Waals surface area contributed by atoms with Gasteiger partial charge in [0.05, 0.1) is 18.8 Å². The quantitative estimate of drug-likeness (QED) is 0.795. The van der Waals surface area contributed by atoms with Crippen molar-refractivity contribution >= 4 is 5.82 Å². The van der Waals surface area contributed by atoms with Gasteiger partial charge in [-0.2, -0.15) is 13.2 Å². The molecule has 2 aliphatic rings. The number of anilines is 1. The highest BCUT2D eigenvalue weighted by Crippen LogP contribution is 2.34. The lowest BCUT2D eigenvalue weighted by Crippen LogP contribution is -2.45. The number of pyridine rings is 1. The minimum atomic E-state index is -4.34. The first-order valence-corrected chi connectivity index (χ1v) is 6.55. The Morgan fingerprint density at radius 2 is 1.80 bits per heavy atom. The molecule has 0 aromatic carbocycles. The lowest BCUT2D eigenvalue weighted by molar-refractivity contribution is -0.169. The molecule has 0 N–H and O–H groups in total. The summed E-state index contributed by atoms with van der Waals surface area (Å²) in [5, 5.41) is 0. The third-order valence-electron chi connectivity index (χ3n) is 3.74. The Morgan fingerprint density at radius 3 is 2.40 bits per heavy atom. The molecule has 1 aromatic rings. The van der Waals surface area contributed by atoms with Gasteiger partial charge in [-0.15, -0.1) is 0 Å². The summed E-state index contributed by atoms with van der Waals surface area (Å²) < 4.78 is 49.3. The topological polar surface area (TPSA) is 34.6 Å². The van der Waals surface area contributed by atoms with Gasteiger partial charge in [0, 0.05) is 32.1 Å². The molecule has 0 amide bonds. The summed E-state index contributed by atoms with van der Waals surface area (Å²) in [7, 11) is 0. The van der Waals surface area contributed by atoms with Crippen LogP contribution in [0.25, 0.3) is 0 Å². The molecule has 7 heteroatoms. The molecular weight excluding hydrogens is 273 g/mol. The number of hydrogen-bond donors (Lipinski definition) is 0. The molecule has 3 heterocycles. The average molecular weight is 288 g/mol. The van der Waals surface area contributed by atoms with E-state index < -0.39 is 17.5 Å². The van der Waals surface area contributed by atoms with Crippen LogP contribution in [0.2, 0.25) is 0 Å². The fourth-order valence-electron chi connectivity index (χ4n) is 2.63. The fraction of sp³-hybridized carbons (Fsp3) is 0.615. The van der Waals surface area contributed by atoms with E-state index in [9.17, 15) is 13.2 Å². The highest BCUT2D eigenvalue weighted by Gasteiger charge is 2.40. The Bertz CT molecular complexity index is 477. The molecule has 0 saturated carbocycles. The summed E-state index contributed by atoms with van der Waals surface area (Å²) in [5.74, 6) is -0.175. The number of alkyl halides is 3. The largest absolute Gasteiger partial charge is 0.416 e. The Hall–Kier alpha value is -1.34. The molecule has 1 spiro atoms. The molecule has 110 valence electrons. The predicted molar refractivity (Wildman–Crippen MR) is 65.3 cm³/mol. The van der Waals surface area contributed by atoms with E-state index in [-0.39, 0.29) is 0 Å². The molecule has 0 unspecified atom stereocenters. The van der Waals surface area contributed by atoms with Gasteiger partial charge in [0.25, 0.3) is 0 Å². The van der Waals surface area contributed by atoms with Crippen LogP contribution >= 0.6 is 0 Å². The second-order valence-corrected chi connectivity index (χ2v) is 5.00. The van der Waals surface area contributed by atoms with Gasteiger partial charge in [0.15, 0.2) is 5.79 Å². The Labute approximate surface area is 114 Å². The first-order chi connectivity index (χ1) is 9.49. The second kappa shape index (κ2) is 4.89. The van der Waals surface area contributed by atoms with E-state index in [0.717, 1.165) is 12.1 Å². The van der Waals surface area contributed by atoms with Crippen molar-refractivity contribution in [3.63, 3.8) is 0 Å². The lowest BCUT2D eigenvalue weighted by atomic mass is 10.0. The number of rotatable bonds is 1. The van der Waals surface area contributed by atoms with Gasteiger partial charge < -0.3 is 14.4 Å². The number of aromatic nitrogens is 1. The highest BCUT2D eigenvalue weighted by atomic mass is 19.4. The van der Waals surface area contributed by atoms with Gasteiger partial charge in [-0.05, 0) is 12.1 Å². The number of nitrogens with zero attached hydrogens (tertiary/aromatic N) is 2. The van der Waals surface area contributed by atoms with Crippen LogP contribution in [0.3, 0.4) is 0 Å². The molecule has 4 nitrogen and oxygen atoms in total. The third kappa shape index (κ3) is 2.60. The van der Waals surface area contributed by atoms with Gasteiger partial charge in [0.1, 0.15) is 5.82 Å². The van der Waals surface area contributed by atoms with E-state index in [1.54, 1.807) is 0 Å². The standard InChI is InChI=1S/C13H15F3N2O2/c14-13(15,16)10-1-4-17-11(9-10)18-5-2-12(3-6-18)19-7-8-20-12/h1,4,9H,2-3,5-8H2. The Morgan fingerprint density at radius 1 is 1.15 bits per heavy atom. The fourth-order valence-corrected chi connectivity index (χ4v) is 2.63. The van der Waals surface area contributed by atoms with Crippen molar-refractivity contribution < 1.29 is 22.6 Å². The van der Waals surface area contributed by atoms with E-state index in [4.69, 9.17) is 9.47 Å². The summed E-state index contributed by atoms with van der Waals surface area (Å²) in [6.07, 6.45) is -1.85. The van der Waals surface area contributed by atoms with Crippen LogP contribution in [0.1, 0.15) is 18.4 Å². The monoisotopic (exact) mass is 288 g/mol. The second-order valence-electron chi connectivity index (χ2n) is 5.00. The number of halogens is 3. The van der Waals surface area contributed by atoms with Crippen LogP contribution in [-0.2, 0) is 15.7 Å². The first kappa shape index (κ1) is 13.6. The smallest absolute Gasteiger partial charge is 0.356 e. The van der Waals surface area contributed by atoms with Crippen molar-refractivity contribution in [2.24, 2.45) is 0 Å². The average Bonchev–Trinajstić information content (AvgIpc) is 2.87. The molecule has 0 atom stereocenters. The minimum absolute atomic E-state index is 0.354. The van der Waals surface area contributed by atoms with Crippen LogP contribution in [0, 0.1) is 0 Å². The summed E-state index contributed by atoms with van der Waals surface area (Å²) in [6.45, 7) is 2.33. The van der Waals surface area contributed by atoms with Gasteiger partial charge in [-0.3, -0.25) is 0 Å². The molecule has 2 aliphatic heterocycles. The molecule has 1 aromatic heterocycles. The van der Waals surface area contributed by atoms with Crippen LogP contribution in [-0.4, -0.2) is 37.1 Å². The van der Waals surface area contributed by atoms with Crippen LogP contribution < -0.4 is 4.90 Å².